The van der Waals surface area contributed by atoms with Crippen LogP contribution >= 0.6 is 0 Å². The van der Waals surface area contributed by atoms with Gasteiger partial charge in [-0.05, 0) is 47.5 Å². The number of anilines is 1. The van der Waals surface area contributed by atoms with Crippen molar-refractivity contribution in [2.24, 2.45) is 0 Å². The van der Waals surface area contributed by atoms with Crippen LogP contribution in [0.3, 0.4) is 0 Å². The van der Waals surface area contributed by atoms with Crippen LogP contribution in [0.4, 0.5) is 18.9 Å². The average Bonchev–Trinajstić information content (AvgIpc) is 2.86. The molecule has 0 fully saturated rings. The van der Waals surface area contributed by atoms with Crippen molar-refractivity contribution in [1.29, 1.82) is 0 Å². The lowest BCUT2D eigenvalue weighted by molar-refractivity contribution is -0.137. The van der Waals surface area contributed by atoms with Gasteiger partial charge in [-0.25, -0.2) is 13.4 Å². The fourth-order valence-electron chi connectivity index (χ4n) is 3.32. The summed E-state index contributed by atoms with van der Waals surface area (Å²) in [5.41, 5.74) is 1.69. The number of halogens is 3. The van der Waals surface area contributed by atoms with E-state index < -0.39 is 21.8 Å². The Morgan fingerprint density at radius 3 is 2.38 bits per heavy atom. The Balaban J connectivity index is 1.54. The minimum atomic E-state index is -4.44. The van der Waals surface area contributed by atoms with Crippen molar-refractivity contribution in [2.45, 2.75) is 19.4 Å². The number of benzene rings is 2. The Morgan fingerprint density at radius 2 is 1.65 bits per heavy atom. The lowest BCUT2D eigenvalue weighted by Gasteiger charge is -2.14. The average molecular weight is 531 g/mol. The Bertz CT molecular complexity index is 1480. The molecule has 0 bridgehead atoms. The zero-order valence-electron chi connectivity index (χ0n) is 19.4. The molecular formula is C25H21F3N4O4S. The molecule has 0 atom stereocenters. The number of ether oxygens (including phenoxy) is 2. The molecule has 2 heterocycles. The Labute approximate surface area is 211 Å². The number of hydrogen-bond acceptors (Lipinski definition) is 7. The molecule has 0 aliphatic carbocycles. The molecule has 0 aliphatic heterocycles. The highest BCUT2D eigenvalue weighted by Gasteiger charge is 2.30. The quantitative estimate of drug-likeness (QED) is 0.322. The van der Waals surface area contributed by atoms with E-state index in [9.17, 15) is 21.6 Å². The number of hydrogen-bond donors (Lipinski definition) is 1. The number of nitrogens with zero attached hydrogens (tertiary/aromatic N) is 3. The molecule has 12 heteroatoms. The van der Waals surface area contributed by atoms with Crippen molar-refractivity contribution in [2.75, 3.05) is 11.0 Å². The van der Waals surface area contributed by atoms with Gasteiger partial charge in [0.15, 0.2) is 0 Å². The highest BCUT2D eigenvalue weighted by molar-refractivity contribution is 7.92. The molecule has 2 aromatic heterocycles. The first-order valence-corrected chi connectivity index (χ1v) is 12.7. The summed E-state index contributed by atoms with van der Waals surface area (Å²) >= 11 is 0. The third kappa shape index (κ3) is 7.40. The van der Waals surface area contributed by atoms with Crippen LogP contribution < -0.4 is 14.2 Å². The third-order valence-electron chi connectivity index (χ3n) is 4.99. The molecule has 0 radical (unpaired) electrons. The fourth-order valence-corrected chi connectivity index (χ4v) is 3.87. The van der Waals surface area contributed by atoms with Gasteiger partial charge in [0.25, 0.3) is 0 Å². The second-order valence-electron chi connectivity index (χ2n) is 8.00. The molecule has 192 valence electrons. The highest BCUT2D eigenvalue weighted by atomic mass is 32.2. The summed E-state index contributed by atoms with van der Waals surface area (Å²) in [4.78, 5) is 4.28. The van der Waals surface area contributed by atoms with Gasteiger partial charge in [-0.3, -0.25) is 4.72 Å². The predicted octanol–water partition coefficient (Wildman–Crippen LogP) is 5.09. The van der Waals surface area contributed by atoms with Crippen molar-refractivity contribution >= 4 is 15.7 Å². The van der Waals surface area contributed by atoms with Crippen molar-refractivity contribution in [1.82, 2.24) is 15.2 Å². The van der Waals surface area contributed by atoms with Crippen molar-refractivity contribution in [3.8, 4) is 22.8 Å². The molecule has 0 amide bonds. The van der Waals surface area contributed by atoms with E-state index >= 15 is 0 Å². The number of aromatic nitrogens is 3. The van der Waals surface area contributed by atoms with Gasteiger partial charge < -0.3 is 9.47 Å². The fraction of sp³-hybridized carbons (Fsp3) is 0.160. The number of pyridine rings is 1. The molecule has 0 aliphatic rings. The summed E-state index contributed by atoms with van der Waals surface area (Å²) in [7, 11) is -3.64. The number of rotatable bonds is 9. The van der Waals surface area contributed by atoms with Crippen LogP contribution in [0.1, 0.15) is 16.7 Å². The van der Waals surface area contributed by atoms with E-state index in [0.29, 0.717) is 22.4 Å². The maximum Gasteiger partial charge on any atom is 0.416 e. The van der Waals surface area contributed by atoms with E-state index in [1.165, 1.54) is 24.7 Å². The molecule has 0 spiro atoms. The lowest BCUT2D eigenvalue weighted by atomic mass is 10.1. The third-order valence-corrected chi connectivity index (χ3v) is 5.59. The summed E-state index contributed by atoms with van der Waals surface area (Å²) in [5, 5.41) is 7.46. The molecule has 0 saturated carbocycles. The van der Waals surface area contributed by atoms with Gasteiger partial charge in [-0.2, -0.15) is 23.4 Å². The van der Waals surface area contributed by atoms with Gasteiger partial charge in [-0.15, -0.1) is 0 Å². The molecule has 8 nitrogen and oxygen atoms in total. The van der Waals surface area contributed by atoms with E-state index in [-0.39, 0.29) is 24.8 Å². The zero-order chi connectivity index (χ0) is 26.5. The molecule has 37 heavy (non-hydrogen) atoms. The largest absolute Gasteiger partial charge is 0.489 e. The zero-order valence-corrected chi connectivity index (χ0v) is 20.3. The van der Waals surface area contributed by atoms with E-state index in [0.717, 1.165) is 24.0 Å². The molecule has 0 saturated heterocycles. The van der Waals surface area contributed by atoms with E-state index in [2.05, 4.69) is 19.9 Å². The molecule has 1 N–H and O–H groups in total. The van der Waals surface area contributed by atoms with Gasteiger partial charge >= 0.3 is 6.18 Å². The second kappa shape index (κ2) is 10.8. The van der Waals surface area contributed by atoms with Gasteiger partial charge in [0.05, 0.1) is 18.0 Å². The minimum absolute atomic E-state index is 0.0663. The summed E-state index contributed by atoms with van der Waals surface area (Å²) in [6, 6.07) is 15.0. The minimum Gasteiger partial charge on any atom is -0.489 e. The van der Waals surface area contributed by atoms with Gasteiger partial charge in [0.2, 0.25) is 15.9 Å². The first kappa shape index (κ1) is 25.9. The molecule has 0 unspecified atom stereocenters. The first-order chi connectivity index (χ1) is 17.6. The van der Waals surface area contributed by atoms with Crippen LogP contribution in [-0.4, -0.2) is 29.9 Å². The standard InChI is InChI=1S/C25H21F3N4O4S/c1-37(33,34)32-23-12-20(14-29-24(23)36-16-18-8-9-30-31-13-18)19-5-3-7-22(11-19)35-15-17-4-2-6-21(10-17)25(26,27)28/h2-14,32H,15-16H2,1H3. The smallest absolute Gasteiger partial charge is 0.416 e. The van der Waals surface area contributed by atoms with Crippen molar-refractivity contribution in [3.05, 3.63) is 95.9 Å². The Kier molecular flexibility index (Phi) is 7.58. The Hall–Kier alpha value is -4.19. The summed E-state index contributed by atoms with van der Waals surface area (Å²) in [6.45, 7) is 0.0301. The van der Waals surface area contributed by atoms with Crippen LogP contribution in [0, 0.1) is 0 Å². The van der Waals surface area contributed by atoms with Crippen LogP contribution in [0.25, 0.3) is 11.1 Å². The molecule has 4 aromatic rings. The van der Waals surface area contributed by atoms with Crippen LogP contribution in [-0.2, 0) is 29.4 Å². The Morgan fingerprint density at radius 1 is 0.865 bits per heavy atom. The van der Waals surface area contributed by atoms with Gasteiger partial charge in [0.1, 0.15) is 24.7 Å². The summed E-state index contributed by atoms with van der Waals surface area (Å²) in [6.07, 6.45) is 1.11. The van der Waals surface area contributed by atoms with Gasteiger partial charge in [-0.1, -0.05) is 24.3 Å². The number of sulfonamides is 1. The molecule has 2 aromatic carbocycles. The van der Waals surface area contributed by atoms with Crippen molar-refractivity contribution < 1.29 is 31.1 Å². The van der Waals surface area contributed by atoms with Crippen LogP contribution in [0.2, 0.25) is 0 Å². The maximum absolute atomic E-state index is 13.0. The summed E-state index contributed by atoms with van der Waals surface area (Å²) < 4.78 is 76.6. The number of nitrogens with one attached hydrogen (secondary N) is 1. The highest BCUT2D eigenvalue weighted by Crippen LogP contribution is 2.32. The SMILES string of the molecule is CS(=O)(=O)Nc1cc(-c2cccc(OCc3cccc(C(F)(F)F)c3)c2)cnc1OCc1ccnnc1. The number of alkyl halides is 3. The second-order valence-corrected chi connectivity index (χ2v) is 9.75. The first-order valence-electron chi connectivity index (χ1n) is 10.8. The normalized spacial score (nSPS) is 11.7. The monoisotopic (exact) mass is 530 g/mol. The molecule has 4 rings (SSSR count). The van der Waals surface area contributed by atoms with Crippen molar-refractivity contribution in [3.63, 3.8) is 0 Å². The van der Waals surface area contributed by atoms with Crippen LogP contribution in [0.15, 0.2) is 79.3 Å². The van der Waals surface area contributed by atoms with E-state index in [1.54, 1.807) is 42.5 Å². The summed E-state index contributed by atoms with van der Waals surface area (Å²) in [5.74, 6) is 0.487. The maximum atomic E-state index is 13.0. The predicted molar refractivity (Wildman–Crippen MR) is 130 cm³/mol. The van der Waals surface area contributed by atoms with E-state index in [1.807, 2.05) is 0 Å². The van der Waals surface area contributed by atoms with E-state index in [4.69, 9.17) is 9.47 Å². The van der Waals surface area contributed by atoms with Gasteiger partial charge in [0, 0.05) is 23.5 Å². The molecular weight excluding hydrogens is 509 g/mol. The lowest BCUT2D eigenvalue weighted by Crippen LogP contribution is -2.12. The van der Waals surface area contributed by atoms with Crippen LogP contribution in [0.5, 0.6) is 11.6 Å². The topological polar surface area (TPSA) is 103 Å².